The zero-order chi connectivity index (χ0) is 20.7. The standard InChI is InChI=1S/C23H30N2O3/c1-14-9-8-10-17-20(14)24-15(2)23(17,6)18-13-16(11-12-19(18)27-7)25-21(26)28-22(3,4)5/h8-13,15,24H,1-7H3,(H,25,26)/t15-,23+/m1/s1. The highest BCUT2D eigenvalue weighted by Crippen LogP contribution is 2.49. The lowest BCUT2D eigenvalue weighted by atomic mass is 9.72. The van der Waals surface area contributed by atoms with Crippen LogP contribution in [-0.2, 0) is 10.2 Å². The van der Waals surface area contributed by atoms with E-state index in [0.717, 1.165) is 11.3 Å². The number of aryl methyl sites for hydroxylation is 1. The van der Waals surface area contributed by atoms with Crippen LogP contribution in [0, 0.1) is 6.92 Å². The van der Waals surface area contributed by atoms with Gasteiger partial charge in [-0.2, -0.15) is 0 Å². The summed E-state index contributed by atoms with van der Waals surface area (Å²) in [6.07, 6.45) is -0.470. The largest absolute Gasteiger partial charge is 0.496 e. The van der Waals surface area contributed by atoms with Crippen molar-refractivity contribution in [2.45, 2.75) is 58.6 Å². The summed E-state index contributed by atoms with van der Waals surface area (Å²) in [5, 5.41) is 6.47. The van der Waals surface area contributed by atoms with Crippen LogP contribution < -0.4 is 15.4 Å². The molecule has 2 aromatic rings. The number of hydrogen-bond acceptors (Lipinski definition) is 4. The van der Waals surface area contributed by atoms with Gasteiger partial charge in [-0.15, -0.1) is 0 Å². The van der Waals surface area contributed by atoms with E-state index < -0.39 is 11.7 Å². The number of carbonyl (C=O) groups excluding carboxylic acids is 1. The molecule has 5 heteroatoms. The Labute approximate surface area is 167 Å². The van der Waals surface area contributed by atoms with Gasteiger partial charge in [-0.05, 0) is 70.9 Å². The first-order valence-electron chi connectivity index (χ1n) is 9.61. The zero-order valence-electron chi connectivity index (χ0n) is 17.8. The van der Waals surface area contributed by atoms with Crippen LogP contribution in [0.25, 0.3) is 0 Å². The number of rotatable bonds is 3. The fourth-order valence-electron chi connectivity index (χ4n) is 3.88. The third kappa shape index (κ3) is 3.53. The molecule has 1 amide bonds. The first-order valence-corrected chi connectivity index (χ1v) is 9.61. The molecule has 28 heavy (non-hydrogen) atoms. The number of para-hydroxylation sites is 1. The molecule has 2 aromatic carbocycles. The maximum absolute atomic E-state index is 12.2. The third-order valence-corrected chi connectivity index (χ3v) is 5.46. The van der Waals surface area contributed by atoms with Crippen LogP contribution in [0.15, 0.2) is 36.4 Å². The second-order valence-corrected chi connectivity index (χ2v) is 8.61. The Balaban J connectivity index is 2.04. The normalized spacial score (nSPS) is 20.9. The molecule has 3 rings (SSSR count). The monoisotopic (exact) mass is 382 g/mol. The van der Waals surface area contributed by atoms with Gasteiger partial charge in [-0.1, -0.05) is 18.2 Å². The van der Waals surface area contributed by atoms with Gasteiger partial charge in [0.25, 0.3) is 0 Å². The summed E-state index contributed by atoms with van der Waals surface area (Å²) in [6, 6.07) is 12.2. The van der Waals surface area contributed by atoms with Crippen molar-refractivity contribution >= 4 is 17.5 Å². The maximum atomic E-state index is 12.2. The first-order chi connectivity index (χ1) is 13.1. The number of carbonyl (C=O) groups is 1. The van der Waals surface area contributed by atoms with Gasteiger partial charge < -0.3 is 14.8 Å². The molecule has 1 aliphatic heterocycles. The molecule has 0 saturated carbocycles. The second kappa shape index (κ2) is 7.04. The molecule has 0 fully saturated rings. The number of ether oxygens (including phenoxy) is 2. The van der Waals surface area contributed by atoms with Gasteiger partial charge in [-0.3, -0.25) is 5.32 Å². The summed E-state index contributed by atoms with van der Waals surface area (Å²) in [5.74, 6) is 0.792. The van der Waals surface area contributed by atoms with Crippen LogP contribution in [0.2, 0.25) is 0 Å². The fourth-order valence-corrected chi connectivity index (χ4v) is 3.88. The molecule has 0 aliphatic carbocycles. The van der Waals surface area contributed by atoms with E-state index in [-0.39, 0.29) is 11.5 Å². The Morgan fingerprint density at radius 3 is 2.54 bits per heavy atom. The molecule has 0 radical (unpaired) electrons. The molecule has 0 spiro atoms. The Bertz CT molecular complexity index is 901. The number of anilines is 2. The topological polar surface area (TPSA) is 59.6 Å². The van der Waals surface area contributed by atoms with Crippen LogP contribution in [0.4, 0.5) is 16.2 Å². The molecule has 1 heterocycles. The van der Waals surface area contributed by atoms with Crippen LogP contribution in [0.3, 0.4) is 0 Å². The molecule has 0 bridgehead atoms. The van der Waals surface area contributed by atoms with Crippen LogP contribution in [-0.4, -0.2) is 24.8 Å². The lowest BCUT2D eigenvalue weighted by Crippen LogP contribution is -2.35. The number of amides is 1. The molecular weight excluding hydrogens is 352 g/mol. The summed E-state index contributed by atoms with van der Waals surface area (Å²) in [7, 11) is 1.67. The smallest absolute Gasteiger partial charge is 0.412 e. The second-order valence-electron chi connectivity index (χ2n) is 8.61. The van der Waals surface area contributed by atoms with E-state index in [4.69, 9.17) is 9.47 Å². The minimum atomic E-state index is -0.550. The molecule has 150 valence electrons. The predicted molar refractivity (Wildman–Crippen MR) is 114 cm³/mol. The molecule has 5 nitrogen and oxygen atoms in total. The average molecular weight is 383 g/mol. The first kappa shape index (κ1) is 20.1. The van der Waals surface area contributed by atoms with Crippen molar-refractivity contribution in [3.8, 4) is 5.75 Å². The van der Waals surface area contributed by atoms with Gasteiger partial charge in [0, 0.05) is 28.4 Å². The van der Waals surface area contributed by atoms with Crippen LogP contribution >= 0.6 is 0 Å². The van der Waals surface area contributed by atoms with Gasteiger partial charge in [0.05, 0.1) is 7.11 Å². The van der Waals surface area contributed by atoms with Crippen molar-refractivity contribution in [3.05, 3.63) is 53.1 Å². The van der Waals surface area contributed by atoms with E-state index in [1.807, 2.05) is 39.0 Å². The van der Waals surface area contributed by atoms with Crippen molar-refractivity contribution in [1.82, 2.24) is 0 Å². The summed E-state index contributed by atoms with van der Waals surface area (Å²) < 4.78 is 11.1. The van der Waals surface area contributed by atoms with Gasteiger partial charge in [0.1, 0.15) is 11.4 Å². The summed E-state index contributed by atoms with van der Waals surface area (Å²) in [6.45, 7) is 12.0. The SMILES string of the molecule is COc1ccc(NC(=O)OC(C)(C)C)cc1[C@]1(C)c2cccc(C)c2N[C@@H]1C. The van der Waals surface area contributed by atoms with Gasteiger partial charge in [0.2, 0.25) is 0 Å². The van der Waals surface area contributed by atoms with E-state index in [1.165, 1.54) is 16.8 Å². The Morgan fingerprint density at radius 2 is 1.89 bits per heavy atom. The summed E-state index contributed by atoms with van der Waals surface area (Å²) in [5.41, 5.74) is 4.46. The third-order valence-electron chi connectivity index (χ3n) is 5.46. The van der Waals surface area contributed by atoms with E-state index in [2.05, 4.69) is 49.6 Å². The zero-order valence-corrected chi connectivity index (χ0v) is 17.8. The lowest BCUT2D eigenvalue weighted by Gasteiger charge is -2.32. The number of methoxy groups -OCH3 is 1. The Hall–Kier alpha value is -2.69. The molecule has 2 N–H and O–H groups in total. The van der Waals surface area contributed by atoms with E-state index in [0.29, 0.717) is 5.69 Å². The molecule has 0 aromatic heterocycles. The van der Waals surface area contributed by atoms with Gasteiger partial charge >= 0.3 is 6.09 Å². The molecule has 0 saturated heterocycles. The van der Waals surface area contributed by atoms with Crippen molar-refractivity contribution in [1.29, 1.82) is 0 Å². The Morgan fingerprint density at radius 1 is 1.18 bits per heavy atom. The highest BCUT2D eigenvalue weighted by Gasteiger charge is 2.44. The van der Waals surface area contributed by atoms with Crippen LogP contribution in [0.1, 0.15) is 51.3 Å². The fraction of sp³-hybridized carbons (Fsp3) is 0.435. The highest BCUT2D eigenvalue weighted by molar-refractivity contribution is 5.85. The highest BCUT2D eigenvalue weighted by atomic mass is 16.6. The number of hydrogen-bond donors (Lipinski definition) is 2. The molecule has 2 atom stereocenters. The van der Waals surface area contributed by atoms with Crippen molar-refractivity contribution in [2.24, 2.45) is 0 Å². The number of benzene rings is 2. The van der Waals surface area contributed by atoms with Gasteiger partial charge in [-0.25, -0.2) is 4.79 Å². The molecule has 1 aliphatic rings. The summed E-state index contributed by atoms with van der Waals surface area (Å²) in [4.78, 5) is 12.2. The van der Waals surface area contributed by atoms with Crippen molar-refractivity contribution in [3.63, 3.8) is 0 Å². The minimum absolute atomic E-state index is 0.161. The summed E-state index contributed by atoms with van der Waals surface area (Å²) >= 11 is 0. The van der Waals surface area contributed by atoms with Crippen molar-refractivity contribution in [2.75, 3.05) is 17.7 Å². The lowest BCUT2D eigenvalue weighted by molar-refractivity contribution is 0.0636. The van der Waals surface area contributed by atoms with Crippen molar-refractivity contribution < 1.29 is 14.3 Å². The Kier molecular flexibility index (Phi) is 5.04. The predicted octanol–water partition coefficient (Wildman–Crippen LogP) is 5.47. The molecular formula is C23H30N2O3. The molecule has 0 unspecified atom stereocenters. The average Bonchev–Trinajstić information content (AvgIpc) is 2.87. The quantitative estimate of drug-likeness (QED) is 0.739. The maximum Gasteiger partial charge on any atom is 0.412 e. The number of fused-ring (bicyclic) bond motifs is 1. The van der Waals surface area contributed by atoms with Crippen LogP contribution in [0.5, 0.6) is 5.75 Å². The van der Waals surface area contributed by atoms with E-state index in [9.17, 15) is 4.79 Å². The van der Waals surface area contributed by atoms with Gasteiger partial charge in [0.15, 0.2) is 0 Å². The van der Waals surface area contributed by atoms with E-state index >= 15 is 0 Å². The van der Waals surface area contributed by atoms with E-state index in [1.54, 1.807) is 7.11 Å². The number of nitrogens with one attached hydrogen (secondary N) is 2. The minimum Gasteiger partial charge on any atom is -0.496 e.